The number of hydrogen-bond donors (Lipinski definition) is 2. The van der Waals surface area contributed by atoms with E-state index in [1.165, 1.54) is 11.1 Å². The van der Waals surface area contributed by atoms with E-state index >= 15 is 0 Å². The molecule has 1 unspecified atom stereocenters. The number of methoxy groups -OCH3 is 1. The zero-order valence-corrected chi connectivity index (χ0v) is 17.8. The van der Waals surface area contributed by atoms with Crippen molar-refractivity contribution in [3.8, 4) is 5.75 Å². The summed E-state index contributed by atoms with van der Waals surface area (Å²) in [4.78, 5) is 4.27. The number of nitrogens with zero attached hydrogens (tertiary/aromatic N) is 2. The fraction of sp³-hybridized carbons (Fsp3) is 0.421. The third-order valence-electron chi connectivity index (χ3n) is 4.13. The Morgan fingerprint density at radius 1 is 1.20 bits per heavy atom. The number of ether oxygens (including phenoxy) is 1. The van der Waals surface area contributed by atoms with Crippen molar-refractivity contribution in [1.29, 1.82) is 0 Å². The number of halogens is 1. The maximum Gasteiger partial charge on any atom is 0.191 e. The van der Waals surface area contributed by atoms with Gasteiger partial charge in [-0.2, -0.15) is 0 Å². The molecule has 1 aromatic carbocycles. The lowest BCUT2D eigenvalue weighted by Crippen LogP contribution is -2.37. The topological polar surface area (TPSA) is 50.6 Å². The Bertz CT molecular complexity index is 652. The lowest BCUT2D eigenvalue weighted by atomic mass is 9.98. The molecule has 0 saturated heterocycles. The third-order valence-corrected chi connectivity index (χ3v) is 4.13. The number of aromatic nitrogens is 1. The van der Waals surface area contributed by atoms with Gasteiger partial charge in [0.15, 0.2) is 5.96 Å². The van der Waals surface area contributed by atoms with E-state index in [4.69, 9.17) is 4.74 Å². The van der Waals surface area contributed by atoms with Gasteiger partial charge in [-0.05, 0) is 41.7 Å². The van der Waals surface area contributed by atoms with Gasteiger partial charge in [0, 0.05) is 39.6 Å². The lowest BCUT2D eigenvalue weighted by Gasteiger charge is -2.15. The Morgan fingerprint density at radius 2 is 1.92 bits per heavy atom. The van der Waals surface area contributed by atoms with Gasteiger partial charge in [0.1, 0.15) is 5.75 Å². The van der Waals surface area contributed by atoms with Crippen molar-refractivity contribution in [2.75, 3.05) is 20.7 Å². The first-order chi connectivity index (χ1) is 11.6. The molecule has 1 atom stereocenters. The molecule has 0 amide bonds. The zero-order valence-electron chi connectivity index (χ0n) is 15.5. The highest BCUT2D eigenvalue weighted by Gasteiger charge is 2.06. The molecule has 0 fully saturated rings. The summed E-state index contributed by atoms with van der Waals surface area (Å²) in [5.74, 6) is 2.21. The van der Waals surface area contributed by atoms with E-state index in [9.17, 15) is 0 Å². The van der Waals surface area contributed by atoms with Crippen molar-refractivity contribution in [3.63, 3.8) is 0 Å². The van der Waals surface area contributed by atoms with Gasteiger partial charge in [0.2, 0.25) is 0 Å². The van der Waals surface area contributed by atoms with Crippen LogP contribution >= 0.6 is 24.0 Å². The lowest BCUT2D eigenvalue weighted by molar-refractivity contribution is 0.414. The second-order valence-electron chi connectivity index (χ2n) is 6.00. The minimum absolute atomic E-state index is 0. The first kappa shape index (κ1) is 21.3. The highest BCUT2D eigenvalue weighted by atomic mass is 127. The monoisotopic (exact) mass is 456 g/mol. The van der Waals surface area contributed by atoms with Crippen molar-refractivity contribution in [1.82, 2.24) is 15.2 Å². The maximum absolute atomic E-state index is 5.20. The van der Waals surface area contributed by atoms with E-state index in [0.717, 1.165) is 31.2 Å². The number of aliphatic imine (C=N–C) groups is 1. The number of nitrogens with one attached hydrogen (secondary N) is 2. The number of rotatable bonds is 7. The summed E-state index contributed by atoms with van der Waals surface area (Å²) >= 11 is 0. The van der Waals surface area contributed by atoms with Gasteiger partial charge in [0.25, 0.3) is 0 Å². The van der Waals surface area contributed by atoms with Crippen LogP contribution in [0.2, 0.25) is 0 Å². The van der Waals surface area contributed by atoms with E-state index in [1.54, 1.807) is 14.2 Å². The summed E-state index contributed by atoms with van der Waals surface area (Å²) in [5.41, 5.74) is 2.57. The van der Waals surface area contributed by atoms with Gasteiger partial charge in [-0.25, -0.2) is 0 Å². The predicted molar refractivity (Wildman–Crippen MR) is 115 cm³/mol. The summed E-state index contributed by atoms with van der Waals surface area (Å²) < 4.78 is 7.25. The molecule has 0 aliphatic carbocycles. The van der Waals surface area contributed by atoms with Gasteiger partial charge >= 0.3 is 0 Å². The second-order valence-corrected chi connectivity index (χ2v) is 6.00. The molecule has 25 heavy (non-hydrogen) atoms. The van der Waals surface area contributed by atoms with Crippen molar-refractivity contribution in [3.05, 3.63) is 53.9 Å². The highest BCUT2D eigenvalue weighted by Crippen LogP contribution is 2.21. The van der Waals surface area contributed by atoms with Crippen LogP contribution in [0.25, 0.3) is 0 Å². The van der Waals surface area contributed by atoms with Crippen molar-refractivity contribution in [2.45, 2.75) is 25.8 Å². The highest BCUT2D eigenvalue weighted by molar-refractivity contribution is 14.0. The Hall–Kier alpha value is -1.70. The van der Waals surface area contributed by atoms with Gasteiger partial charge in [-0.1, -0.05) is 19.1 Å². The molecule has 5 nitrogen and oxygen atoms in total. The normalized spacial score (nSPS) is 12.2. The van der Waals surface area contributed by atoms with Gasteiger partial charge in [-0.3, -0.25) is 4.99 Å². The molecule has 0 aliphatic rings. The Kier molecular flexibility index (Phi) is 9.41. The summed E-state index contributed by atoms with van der Waals surface area (Å²) in [6.45, 7) is 3.89. The second kappa shape index (κ2) is 11.0. The predicted octanol–water partition coefficient (Wildman–Crippen LogP) is 3.51. The Morgan fingerprint density at radius 3 is 2.48 bits per heavy atom. The van der Waals surface area contributed by atoms with Crippen LogP contribution in [0.15, 0.2) is 47.7 Å². The Balaban J connectivity index is 0.00000312. The number of aryl methyl sites for hydroxylation is 1. The number of guanidine groups is 1. The fourth-order valence-corrected chi connectivity index (χ4v) is 2.58. The summed E-state index contributed by atoms with van der Waals surface area (Å²) in [7, 11) is 5.51. The van der Waals surface area contributed by atoms with Crippen LogP contribution in [0.3, 0.4) is 0 Å². The van der Waals surface area contributed by atoms with Crippen LogP contribution in [0.5, 0.6) is 5.75 Å². The average Bonchev–Trinajstić information content (AvgIpc) is 3.03. The van der Waals surface area contributed by atoms with Crippen LogP contribution in [-0.4, -0.2) is 31.2 Å². The van der Waals surface area contributed by atoms with E-state index in [2.05, 4.69) is 46.9 Å². The molecule has 0 bridgehead atoms. The molecule has 2 rings (SSSR count). The standard InChI is InChI=1S/C19H28N4O.HI/c1-15(17-5-7-18(24-4)8-6-17)9-11-21-19(20-2)22-13-16-10-12-23(3)14-16;/h5-8,10,12,14-15H,9,11,13H2,1-4H3,(H2,20,21,22);1H. The van der Waals surface area contributed by atoms with Crippen LogP contribution < -0.4 is 15.4 Å². The van der Waals surface area contributed by atoms with Gasteiger partial charge in [0.05, 0.1) is 7.11 Å². The van der Waals surface area contributed by atoms with Crippen molar-refractivity contribution < 1.29 is 4.74 Å². The number of hydrogen-bond acceptors (Lipinski definition) is 2. The molecule has 0 aliphatic heterocycles. The summed E-state index contributed by atoms with van der Waals surface area (Å²) in [6.07, 6.45) is 5.19. The van der Waals surface area contributed by atoms with Crippen LogP contribution in [0.4, 0.5) is 0 Å². The van der Waals surface area contributed by atoms with Crippen molar-refractivity contribution in [2.24, 2.45) is 12.0 Å². The van der Waals surface area contributed by atoms with Crippen LogP contribution in [-0.2, 0) is 13.6 Å². The largest absolute Gasteiger partial charge is 0.497 e. The minimum atomic E-state index is 0. The molecule has 0 spiro atoms. The molecule has 2 aromatic rings. The molecule has 0 radical (unpaired) electrons. The molecular formula is C19H29IN4O. The van der Waals surface area contributed by atoms with Gasteiger partial charge in [-0.15, -0.1) is 24.0 Å². The van der Waals surface area contributed by atoms with E-state index < -0.39 is 0 Å². The fourth-order valence-electron chi connectivity index (χ4n) is 2.58. The van der Waals surface area contributed by atoms with Gasteiger partial charge < -0.3 is 19.9 Å². The quantitative estimate of drug-likeness (QED) is 0.381. The molecular weight excluding hydrogens is 427 g/mol. The Labute approximate surface area is 167 Å². The van der Waals surface area contributed by atoms with E-state index in [0.29, 0.717) is 5.92 Å². The first-order valence-corrected chi connectivity index (χ1v) is 8.31. The molecule has 1 heterocycles. The smallest absolute Gasteiger partial charge is 0.191 e. The van der Waals surface area contributed by atoms with E-state index in [1.807, 2.05) is 29.9 Å². The molecule has 0 saturated carbocycles. The molecule has 138 valence electrons. The molecule has 2 N–H and O–H groups in total. The van der Waals surface area contributed by atoms with E-state index in [-0.39, 0.29) is 24.0 Å². The minimum Gasteiger partial charge on any atom is -0.497 e. The molecule has 6 heteroatoms. The summed E-state index contributed by atoms with van der Waals surface area (Å²) in [5, 5.41) is 6.71. The zero-order chi connectivity index (χ0) is 17.4. The van der Waals surface area contributed by atoms with Crippen molar-refractivity contribution >= 4 is 29.9 Å². The maximum atomic E-state index is 5.20. The number of benzene rings is 1. The molecule has 1 aromatic heterocycles. The van der Waals surface area contributed by atoms with Crippen LogP contribution in [0, 0.1) is 0 Å². The van der Waals surface area contributed by atoms with Crippen LogP contribution in [0.1, 0.15) is 30.4 Å². The summed E-state index contributed by atoms with van der Waals surface area (Å²) in [6, 6.07) is 10.4. The first-order valence-electron chi connectivity index (χ1n) is 8.31. The SMILES string of the molecule is CN=C(NCCC(C)c1ccc(OC)cc1)NCc1ccn(C)c1.I. The third kappa shape index (κ3) is 6.97. The average molecular weight is 456 g/mol.